The molecular weight excluding hydrogens is 564 g/mol. The Morgan fingerprint density at radius 2 is 1.79 bits per heavy atom. The SMILES string of the molecule is CC(C)(C)OC(=O)Nc1cc2c(-c3c4c(c5c(N6C7CCC6CN(C(=O)O)C7)ncnc5c3F)COC4)c(F)ccc2o1. The molecule has 13 heteroatoms. The molecule has 2 fully saturated rings. The lowest BCUT2D eigenvalue weighted by atomic mass is 9.91. The summed E-state index contributed by atoms with van der Waals surface area (Å²) in [5, 5.41) is 12.8. The number of nitrogens with zero attached hydrogens (tertiary/aromatic N) is 4. The fraction of sp³-hybridized carbons (Fsp3) is 0.400. The Kier molecular flexibility index (Phi) is 6.20. The quantitative estimate of drug-likeness (QED) is 0.292. The molecule has 2 amide bonds. The maximum Gasteiger partial charge on any atom is 0.414 e. The Morgan fingerprint density at radius 3 is 2.49 bits per heavy atom. The second-order valence-electron chi connectivity index (χ2n) is 12.1. The van der Waals surface area contributed by atoms with E-state index in [2.05, 4.69) is 20.2 Å². The van der Waals surface area contributed by atoms with Gasteiger partial charge in [0.15, 0.2) is 5.82 Å². The van der Waals surface area contributed by atoms with Gasteiger partial charge in [-0.3, -0.25) is 5.32 Å². The predicted molar refractivity (Wildman–Crippen MR) is 152 cm³/mol. The minimum atomic E-state index is -0.964. The fourth-order valence-corrected chi connectivity index (χ4v) is 6.61. The third-order valence-corrected chi connectivity index (χ3v) is 8.24. The van der Waals surface area contributed by atoms with Crippen LogP contribution in [0, 0.1) is 11.6 Å². The van der Waals surface area contributed by atoms with Gasteiger partial charge in [0.05, 0.1) is 18.6 Å². The zero-order valence-corrected chi connectivity index (χ0v) is 23.7. The van der Waals surface area contributed by atoms with Crippen LogP contribution in [0.5, 0.6) is 0 Å². The summed E-state index contributed by atoms with van der Waals surface area (Å²) in [4.78, 5) is 36.4. The molecular formula is C30H29F2N5O6. The van der Waals surface area contributed by atoms with Gasteiger partial charge >= 0.3 is 12.2 Å². The van der Waals surface area contributed by atoms with Crippen LogP contribution in [-0.2, 0) is 22.7 Å². The lowest BCUT2D eigenvalue weighted by molar-refractivity contribution is 0.0632. The van der Waals surface area contributed by atoms with Gasteiger partial charge in [0.25, 0.3) is 0 Å². The Morgan fingerprint density at radius 1 is 1.07 bits per heavy atom. The summed E-state index contributed by atoms with van der Waals surface area (Å²) in [5.41, 5.74) is 0.640. The van der Waals surface area contributed by atoms with E-state index in [-0.39, 0.29) is 58.8 Å². The van der Waals surface area contributed by atoms with Crippen molar-refractivity contribution in [2.75, 3.05) is 23.3 Å². The maximum absolute atomic E-state index is 16.7. The fourth-order valence-electron chi connectivity index (χ4n) is 6.61. The molecule has 43 heavy (non-hydrogen) atoms. The monoisotopic (exact) mass is 593 g/mol. The molecule has 4 aromatic rings. The second-order valence-corrected chi connectivity index (χ2v) is 12.1. The average Bonchev–Trinajstić information content (AvgIpc) is 3.64. The van der Waals surface area contributed by atoms with E-state index in [4.69, 9.17) is 13.9 Å². The van der Waals surface area contributed by atoms with E-state index in [0.717, 1.165) is 12.8 Å². The number of fused-ring (bicyclic) bond motifs is 6. The summed E-state index contributed by atoms with van der Waals surface area (Å²) in [5.74, 6) is -0.860. The van der Waals surface area contributed by atoms with Crippen LogP contribution in [0.15, 0.2) is 28.9 Å². The highest BCUT2D eigenvalue weighted by Gasteiger charge is 2.43. The molecule has 2 atom stereocenters. The minimum Gasteiger partial charge on any atom is -0.465 e. The number of anilines is 2. The third kappa shape index (κ3) is 4.49. The number of piperazine rings is 1. The number of hydrogen-bond acceptors (Lipinski definition) is 8. The van der Waals surface area contributed by atoms with E-state index < -0.39 is 29.4 Å². The number of aromatic nitrogens is 2. The topological polar surface area (TPSA) is 130 Å². The number of ether oxygens (including phenoxy) is 2. The van der Waals surface area contributed by atoms with Gasteiger partial charge in [0, 0.05) is 47.8 Å². The second kappa shape index (κ2) is 9.76. The lowest BCUT2D eigenvalue weighted by Gasteiger charge is -2.41. The Balaban J connectivity index is 1.37. The number of halogens is 2. The van der Waals surface area contributed by atoms with E-state index in [1.807, 2.05) is 0 Å². The first-order valence-corrected chi connectivity index (χ1v) is 14.0. The molecule has 224 valence electrons. The Hall–Kier alpha value is -4.52. The highest BCUT2D eigenvalue weighted by molar-refractivity contribution is 6.04. The molecule has 5 heterocycles. The van der Waals surface area contributed by atoms with Crippen LogP contribution in [0.1, 0.15) is 44.7 Å². The van der Waals surface area contributed by atoms with Crippen LogP contribution < -0.4 is 10.2 Å². The van der Waals surface area contributed by atoms with Gasteiger partial charge in [-0.15, -0.1) is 0 Å². The summed E-state index contributed by atoms with van der Waals surface area (Å²) in [7, 11) is 0. The summed E-state index contributed by atoms with van der Waals surface area (Å²) in [6.45, 7) is 6.01. The molecule has 3 aliphatic rings. The average molecular weight is 594 g/mol. The standard InChI is InChI=1S/C30H29F2N5O6/c1-30(2,3)43-28(38)35-21-8-16-20(42-21)7-6-19(31)22(16)23-17-11-41-12-18(17)24-26(25(23)32)33-13-34-27(24)37-14-4-5-15(37)10-36(9-14)29(39)40/h6-8,13-15H,4-5,9-12H2,1-3H3,(H,35,38)(H,39,40). The summed E-state index contributed by atoms with van der Waals surface area (Å²) >= 11 is 0. The molecule has 2 saturated heterocycles. The number of amides is 2. The van der Waals surface area contributed by atoms with Gasteiger partial charge < -0.3 is 28.8 Å². The summed E-state index contributed by atoms with van der Waals surface area (Å²) in [6.07, 6.45) is 1.14. The first-order valence-electron chi connectivity index (χ1n) is 14.0. The summed E-state index contributed by atoms with van der Waals surface area (Å²) < 4.78 is 49.2. The van der Waals surface area contributed by atoms with Crippen molar-refractivity contribution in [2.45, 2.75) is 64.5 Å². The van der Waals surface area contributed by atoms with E-state index in [0.29, 0.717) is 35.4 Å². The highest BCUT2D eigenvalue weighted by atomic mass is 19.1. The molecule has 0 radical (unpaired) electrons. The molecule has 2 bridgehead atoms. The number of likely N-dealkylation sites (tertiary alicyclic amines) is 1. The molecule has 7 rings (SSSR count). The van der Waals surface area contributed by atoms with Crippen LogP contribution in [0.2, 0.25) is 0 Å². The molecule has 0 spiro atoms. The maximum atomic E-state index is 16.7. The van der Waals surface area contributed by atoms with Crippen LogP contribution in [0.4, 0.5) is 30.1 Å². The van der Waals surface area contributed by atoms with Gasteiger partial charge in [0.1, 0.15) is 34.7 Å². The van der Waals surface area contributed by atoms with Gasteiger partial charge in [-0.1, -0.05) is 0 Å². The number of carbonyl (C=O) groups is 2. The number of rotatable bonds is 3. The Bertz CT molecular complexity index is 1800. The number of furan rings is 1. The van der Waals surface area contributed by atoms with Crippen molar-refractivity contribution in [3.05, 3.63) is 47.3 Å². The smallest absolute Gasteiger partial charge is 0.414 e. The van der Waals surface area contributed by atoms with Crippen molar-refractivity contribution in [3.63, 3.8) is 0 Å². The van der Waals surface area contributed by atoms with E-state index >= 15 is 8.78 Å². The molecule has 0 saturated carbocycles. The molecule has 0 aliphatic carbocycles. The molecule has 2 aromatic carbocycles. The molecule has 11 nitrogen and oxygen atoms in total. The van der Waals surface area contributed by atoms with Gasteiger partial charge in [-0.25, -0.2) is 28.3 Å². The number of benzene rings is 2. The van der Waals surface area contributed by atoms with E-state index in [1.165, 1.54) is 29.4 Å². The first kappa shape index (κ1) is 27.3. The van der Waals surface area contributed by atoms with Crippen molar-refractivity contribution in [3.8, 4) is 11.1 Å². The van der Waals surface area contributed by atoms with Crippen molar-refractivity contribution < 1.29 is 37.4 Å². The van der Waals surface area contributed by atoms with Crippen molar-refractivity contribution in [1.29, 1.82) is 0 Å². The largest absolute Gasteiger partial charge is 0.465 e. The lowest BCUT2D eigenvalue weighted by Crippen LogP contribution is -2.55. The minimum absolute atomic E-state index is 0.0102. The van der Waals surface area contributed by atoms with Crippen LogP contribution >= 0.6 is 0 Å². The molecule has 2 N–H and O–H groups in total. The first-order chi connectivity index (χ1) is 20.5. The highest BCUT2D eigenvalue weighted by Crippen LogP contribution is 2.47. The zero-order valence-electron chi connectivity index (χ0n) is 23.7. The van der Waals surface area contributed by atoms with Crippen molar-refractivity contribution in [1.82, 2.24) is 14.9 Å². The van der Waals surface area contributed by atoms with Gasteiger partial charge in [0.2, 0.25) is 5.88 Å². The Labute approximate surface area is 244 Å². The van der Waals surface area contributed by atoms with E-state index in [1.54, 1.807) is 20.8 Å². The molecule has 2 aromatic heterocycles. The predicted octanol–water partition coefficient (Wildman–Crippen LogP) is 6.03. The number of hydrogen-bond donors (Lipinski definition) is 2. The van der Waals surface area contributed by atoms with Crippen LogP contribution in [0.3, 0.4) is 0 Å². The zero-order chi connectivity index (χ0) is 30.2. The normalized spacial score (nSPS) is 19.7. The van der Waals surface area contributed by atoms with Crippen molar-refractivity contribution >= 4 is 45.8 Å². The third-order valence-electron chi connectivity index (χ3n) is 8.24. The number of carbonyl (C=O) groups excluding carboxylic acids is 1. The summed E-state index contributed by atoms with van der Waals surface area (Å²) in [6, 6.07) is 3.82. The van der Waals surface area contributed by atoms with Gasteiger partial charge in [-0.2, -0.15) is 0 Å². The number of nitrogens with one attached hydrogen (secondary N) is 1. The molecule has 3 aliphatic heterocycles. The van der Waals surface area contributed by atoms with E-state index in [9.17, 15) is 14.7 Å². The van der Waals surface area contributed by atoms with Crippen LogP contribution in [-0.4, -0.2) is 62.9 Å². The number of carboxylic acid groups (broad SMARTS) is 1. The van der Waals surface area contributed by atoms with Crippen molar-refractivity contribution in [2.24, 2.45) is 0 Å². The molecule has 2 unspecified atom stereocenters. The van der Waals surface area contributed by atoms with Crippen LogP contribution in [0.25, 0.3) is 33.0 Å². The van der Waals surface area contributed by atoms with Gasteiger partial charge in [-0.05, 0) is 56.9 Å².